The van der Waals surface area contributed by atoms with E-state index < -0.39 is 5.76 Å². The standard InChI is InChI=1S/C23H19N3O3/c24-16-7-8-17-18(12-16)20(10-14-4-2-1-3-5-14)26(22(17)27)13-15-6-9-19-21(11-15)29-23(28)25-19/h1-9,11-12,20H,10,13,24H2,(H,25,28). The van der Waals surface area contributed by atoms with Gasteiger partial charge in [-0.15, -0.1) is 0 Å². The van der Waals surface area contributed by atoms with Gasteiger partial charge in [-0.2, -0.15) is 0 Å². The predicted molar refractivity (Wildman–Crippen MR) is 110 cm³/mol. The second kappa shape index (κ2) is 6.67. The minimum absolute atomic E-state index is 0.0171. The summed E-state index contributed by atoms with van der Waals surface area (Å²) in [6.07, 6.45) is 0.699. The van der Waals surface area contributed by atoms with Gasteiger partial charge >= 0.3 is 5.76 Å². The number of anilines is 1. The molecular formula is C23H19N3O3. The number of fused-ring (bicyclic) bond motifs is 2. The molecule has 6 nitrogen and oxygen atoms in total. The molecule has 2 heterocycles. The average Bonchev–Trinajstić information content (AvgIpc) is 3.20. The number of nitrogen functional groups attached to an aromatic ring is 1. The highest BCUT2D eigenvalue weighted by Gasteiger charge is 2.36. The maximum absolute atomic E-state index is 13.2. The number of hydrogen-bond acceptors (Lipinski definition) is 4. The van der Waals surface area contributed by atoms with Gasteiger partial charge in [0.15, 0.2) is 5.58 Å². The molecule has 0 fully saturated rings. The van der Waals surface area contributed by atoms with Crippen LogP contribution in [0.15, 0.2) is 75.9 Å². The average molecular weight is 385 g/mol. The lowest BCUT2D eigenvalue weighted by atomic mass is 9.97. The third kappa shape index (κ3) is 3.08. The minimum Gasteiger partial charge on any atom is -0.408 e. The zero-order valence-electron chi connectivity index (χ0n) is 15.6. The number of H-pyrrole nitrogens is 1. The third-order valence-electron chi connectivity index (χ3n) is 5.41. The first kappa shape index (κ1) is 17.3. The largest absolute Gasteiger partial charge is 0.417 e. The van der Waals surface area contributed by atoms with Gasteiger partial charge in [-0.3, -0.25) is 9.78 Å². The molecule has 3 N–H and O–H groups in total. The summed E-state index contributed by atoms with van der Waals surface area (Å²) in [4.78, 5) is 29.1. The van der Waals surface area contributed by atoms with Crippen molar-refractivity contribution in [1.82, 2.24) is 9.88 Å². The lowest BCUT2D eigenvalue weighted by Gasteiger charge is -2.26. The number of nitrogens with zero attached hydrogens (tertiary/aromatic N) is 1. The van der Waals surface area contributed by atoms with Crippen molar-refractivity contribution in [3.05, 3.63) is 99.5 Å². The van der Waals surface area contributed by atoms with Gasteiger partial charge in [0, 0.05) is 17.8 Å². The van der Waals surface area contributed by atoms with Crippen molar-refractivity contribution in [3.63, 3.8) is 0 Å². The van der Waals surface area contributed by atoms with Crippen LogP contribution in [-0.2, 0) is 13.0 Å². The highest BCUT2D eigenvalue weighted by molar-refractivity contribution is 5.99. The maximum Gasteiger partial charge on any atom is 0.417 e. The Balaban J connectivity index is 1.53. The topological polar surface area (TPSA) is 92.3 Å². The van der Waals surface area contributed by atoms with Crippen LogP contribution in [0.5, 0.6) is 0 Å². The molecule has 1 aliphatic rings. The Kier molecular flexibility index (Phi) is 3.98. The number of rotatable bonds is 4. The number of benzene rings is 3. The van der Waals surface area contributed by atoms with Crippen LogP contribution in [0.25, 0.3) is 11.1 Å². The van der Waals surface area contributed by atoms with E-state index in [1.807, 2.05) is 35.2 Å². The number of nitrogens with one attached hydrogen (secondary N) is 1. The Bertz CT molecular complexity index is 1270. The van der Waals surface area contributed by atoms with Gasteiger partial charge in [0.2, 0.25) is 0 Å². The van der Waals surface area contributed by atoms with Crippen LogP contribution in [0.3, 0.4) is 0 Å². The molecule has 0 saturated heterocycles. The first-order valence-electron chi connectivity index (χ1n) is 9.44. The van der Waals surface area contributed by atoms with E-state index in [4.69, 9.17) is 10.2 Å². The zero-order chi connectivity index (χ0) is 20.0. The number of amides is 1. The van der Waals surface area contributed by atoms with E-state index >= 15 is 0 Å². The van der Waals surface area contributed by atoms with Gasteiger partial charge in [0.05, 0.1) is 11.6 Å². The van der Waals surface area contributed by atoms with Crippen molar-refractivity contribution in [2.24, 2.45) is 0 Å². The predicted octanol–water partition coefficient (Wildman–Crippen LogP) is 3.64. The highest BCUT2D eigenvalue weighted by atomic mass is 16.4. The molecule has 5 rings (SSSR count). The van der Waals surface area contributed by atoms with E-state index in [9.17, 15) is 9.59 Å². The van der Waals surface area contributed by atoms with E-state index in [-0.39, 0.29) is 11.9 Å². The summed E-state index contributed by atoms with van der Waals surface area (Å²) in [5.41, 5.74) is 11.5. The van der Waals surface area contributed by atoms with Crippen molar-refractivity contribution in [2.45, 2.75) is 19.0 Å². The second-order valence-corrected chi connectivity index (χ2v) is 7.33. The van der Waals surface area contributed by atoms with Gasteiger partial charge in [-0.05, 0) is 53.4 Å². The van der Waals surface area contributed by atoms with Crippen LogP contribution in [-0.4, -0.2) is 15.8 Å². The lowest BCUT2D eigenvalue weighted by Crippen LogP contribution is -2.28. The number of oxazole rings is 1. The zero-order valence-corrected chi connectivity index (χ0v) is 15.6. The van der Waals surface area contributed by atoms with E-state index in [1.54, 1.807) is 24.3 Å². The molecular weight excluding hydrogens is 366 g/mol. The Hall–Kier alpha value is -3.80. The van der Waals surface area contributed by atoms with Crippen molar-refractivity contribution < 1.29 is 9.21 Å². The number of aromatic amines is 1. The monoisotopic (exact) mass is 385 g/mol. The summed E-state index contributed by atoms with van der Waals surface area (Å²) in [7, 11) is 0. The molecule has 3 aromatic carbocycles. The Morgan fingerprint density at radius 2 is 1.79 bits per heavy atom. The van der Waals surface area contributed by atoms with Crippen LogP contribution in [0.2, 0.25) is 0 Å². The summed E-state index contributed by atoms with van der Waals surface area (Å²) in [6.45, 7) is 0.412. The molecule has 0 aliphatic carbocycles. The highest BCUT2D eigenvalue weighted by Crippen LogP contribution is 2.38. The molecule has 4 aromatic rings. The number of aromatic nitrogens is 1. The number of hydrogen-bond donors (Lipinski definition) is 2. The number of nitrogens with two attached hydrogens (primary N) is 1. The summed E-state index contributed by atoms with van der Waals surface area (Å²) < 4.78 is 5.17. The Labute approximate surface area is 166 Å². The van der Waals surface area contributed by atoms with Crippen LogP contribution in [0.1, 0.15) is 33.1 Å². The number of carbonyl (C=O) groups excluding carboxylic acids is 1. The van der Waals surface area contributed by atoms with Crippen molar-refractivity contribution in [3.8, 4) is 0 Å². The second-order valence-electron chi connectivity index (χ2n) is 7.33. The Morgan fingerprint density at radius 3 is 2.62 bits per heavy atom. The van der Waals surface area contributed by atoms with Crippen molar-refractivity contribution in [1.29, 1.82) is 0 Å². The fraction of sp³-hybridized carbons (Fsp3) is 0.130. The van der Waals surface area contributed by atoms with Crippen molar-refractivity contribution in [2.75, 3.05) is 5.73 Å². The van der Waals surface area contributed by atoms with E-state index in [1.165, 1.54) is 0 Å². The normalized spacial score (nSPS) is 15.8. The summed E-state index contributed by atoms with van der Waals surface area (Å²) in [5.74, 6) is -0.504. The number of carbonyl (C=O) groups is 1. The molecule has 144 valence electrons. The van der Waals surface area contributed by atoms with Gasteiger partial charge in [-0.25, -0.2) is 4.79 Å². The third-order valence-corrected chi connectivity index (χ3v) is 5.41. The molecule has 1 unspecified atom stereocenters. The van der Waals surface area contributed by atoms with Crippen LogP contribution < -0.4 is 11.5 Å². The van der Waals surface area contributed by atoms with Crippen LogP contribution in [0.4, 0.5) is 5.69 Å². The summed E-state index contributed by atoms with van der Waals surface area (Å²) in [6, 6.07) is 21.0. The SMILES string of the molecule is Nc1ccc2c(c1)C(Cc1ccccc1)N(Cc1ccc3[nH]c(=O)oc3c1)C2=O. The molecule has 1 aromatic heterocycles. The van der Waals surface area contributed by atoms with Crippen LogP contribution >= 0.6 is 0 Å². The lowest BCUT2D eigenvalue weighted by molar-refractivity contribution is 0.0709. The quantitative estimate of drug-likeness (QED) is 0.525. The Morgan fingerprint density at radius 1 is 0.966 bits per heavy atom. The molecule has 1 atom stereocenters. The van der Waals surface area contributed by atoms with Gasteiger partial charge in [0.1, 0.15) is 0 Å². The van der Waals surface area contributed by atoms with Gasteiger partial charge < -0.3 is 15.1 Å². The van der Waals surface area contributed by atoms with Gasteiger partial charge in [0.25, 0.3) is 5.91 Å². The molecule has 0 radical (unpaired) electrons. The molecule has 1 aliphatic heterocycles. The fourth-order valence-electron chi connectivity index (χ4n) is 4.04. The van der Waals surface area contributed by atoms with Gasteiger partial charge in [-0.1, -0.05) is 36.4 Å². The molecule has 0 spiro atoms. The van der Waals surface area contributed by atoms with Crippen LogP contribution in [0, 0.1) is 0 Å². The molecule has 29 heavy (non-hydrogen) atoms. The molecule has 1 amide bonds. The molecule has 6 heteroatoms. The minimum atomic E-state index is -0.487. The molecule has 0 saturated carbocycles. The first-order valence-corrected chi connectivity index (χ1v) is 9.44. The van der Waals surface area contributed by atoms with Crippen molar-refractivity contribution >= 4 is 22.7 Å². The summed E-state index contributed by atoms with van der Waals surface area (Å²) >= 11 is 0. The summed E-state index contributed by atoms with van der Waals surface area (Å²) in [5, 5.41) is 0. The first-order chi connectivity index (χ1) is 14.1. The smallest absolute Gasteiger partial charge is 0.408 e. The van der Waals surface area contributed by atoms with E-state index in [0.717, 1.165) is 16.7 Å². The van der Waals surface area contributed by atoms with E-state index in [0.29, 0.717) is 35.3 Å². The molecule has 0 bridgehead atoms. The maximum atomic E-state index is 13.2. The van der Waals surface area contributed by atoms with E-state index in [2.05, 4.69) is 17.1 Å². The fourth-order valence-corrected chi connectivity index (χ4v) is 4.04.